The smallest absolute Gasteiger partial charge is 0.222 e. The minimum absolute atomic E-state index is 0.118. The molecule has 0 radical (unpaired) electrons. The van der Waals surface area contributed by atoms with Gasteiger partial charge >= 0.3 is 0 Å². The Morgan fingerprint density at radius 3 is 2.17 bits per heavy atom. The van der Waals surface area contributed by atoms with Gasteiger partial charge in [0, 0.05) is 12.5 Å². The van der Waals surface area contributed by atoms with Gasteiger partial charge in [0.2, 0.25) is 5.91 Å². The molecule has 1 aromatic heterocycles. The van der Waals surface area contributed by atoms with Crippen LogP contribution in [0.25, 0.3) is 28.2 Å². The molecule has 4 heteroatoms. The molecule has 35 heavy (non-hydrogen) atoms. The molecule has 0 saturated heterocycles. The molecule has 3 aromatic carbocycles. The SMILES string of the molecule is CCCCCCc1ccc(-c2cc(C)c(-n3c(NC(C)=O)cnc3-c3ccccc3)c(C)c2)cc1. The van der Waals surface area contributed by atoms with Crippen LogP contribution < -0.4 is 5.32 Å². The molecular formula is C31H35N3O. The number of unbranched alkanes of at least 4 members (excludes halogenated alkanes) is 3. The molecule has 1 amide bonds. The summed E-state index contributed by atoms with van der Waals surface area (Å²) in [6.07, 6.45) is 8.02. The largest absolute Gasteiger partial charge is 0.311 e. The van der Waals surface area contributed by atoms with Crippen molar-refractivity contribution in [1.29, 1.82) is 0 Å². The molecule has 0 fully saturated rings. The Morgan fingerprint density at radius 2 is 1.54 bits per heavy atom. The number of imidazole rings is 1. The molecule has 4 nitrogen and oxygen atoms in total. The number of rotatable bonds is 9. The van der Waals surface area contributed by atoms with Gasteiger partial charge in [0.25, 0.3) is 0 Å². The lowest BCUT2D eigenvalue weighted by Crippen LogP contribution is -2.12. The van der Waals surface area contributed by atoms with Gasteiger partial charge in [0.05, 0.1) is 11.9 Å². The van der Waals surface area contributed by atoms with Crippen LogP contribution >= 0.6 is 0 Å². The number of hydrogen-bond acceptors (Lipinski definition) is 2. The molecule has 0 saturated carbocycles. The van der Waals surface area contributed by atoms with E-state index in [0.29, 0.717) is 5.82 Å². The van der Waals surface area contributed by atoms with Crippen LogP contribution in [0.5, 0.6) is 0 Å². The summed E-state index contributed by atoms with van der Waals surface area (Å²) in [7, 11) is 0. The fourth-order valence-electron chi connectivity index (χ4n) is 4.73. The van der Waals surface area contributed by atoms with Gasteiger partial charge in [-0.2, -0.15) is 0 Å². The van der Waals surface area contributed by atoms with Crippen molar-refractivity contribution in [2.75, 3.05) is 5.32 Å². The highest BCUT2D eigenvalue weighted by molar-refractivity contribution is 5.89. The highest BCUT2D eigenvalue weighted by Crippen LogP contribution is 2.33. The average molecular weight is 466 g/mol. The van der Waals surface area contributed by atoms with Crippen LogP contribution in [0.2, 0.25) is 0 Å². The Hall–Kier alpha value is -3.66. The Labute approximate surface area is 209 Å². The third-order valence-corrected chi connectivity index (χ3v) is 6.42. The summed E-state index contributed by atoms with van der Waals surface area (Å²) in [6, 6.07) is 23.5. The van der Waals surface area contributed by atoms with Crippen LogP contribution in [0.15, 0.2) is 72.9 Å². The van der Waals surface area contributed by atoms with Crippen molar-refractivity contribution in [3.63, 3.8) is 0 Å². The number of aromatic nitrogens is 2. The predicted octanol–water partition coefficient (Wildman–Crippen LogP) is 7.90. The van der Waals surface area contributed by atoms with Crippen molar-refractivity contribution in [3.05, 3.63) is 89.6 Å². The fraction of sp³-hybridized carbons (Fsp3) is 0.290. The number of carbonyl (C=O) groups is 1. The van der Waals surface area contributed by atoms with Gasteiger partial charge in [-0.1, -0.05) is 80.8 Å². The van der Waals surface area contributed by atoms with Gasteiger partial charge in [-0.3, -0.25) is 9.36 Å². The zero-order chi connectivity index (χ0) is 24.8. The molecule has 0 aliphatic rings. The van der Waals surface area contributed by atoms with Gasteiger partial charge in [0.1, 0.15) is 11.6 Å². The van der Waals surface area contributed by atoms with Crippen LogP contribution in [0.3, 0.4) is 0 Å². The Bertz CT molecular complexity index is 1260. The van der Waals surface area contributed by atoms with Crippen LogP contribution in [0, 0.1) is 13.8 Å². The monoisotopic (exact) mass is 465 g/mol. The molecular weight excluding hydrogens is 430 g/mol. The number of hydrogen-bond donors (Lipinski definition) is 1. The zero-order valence-electron chi connectivity index (χ0n) is 21.3. The molecule has 4 aromatic rings. The van der Waals surface area contributed by atoms with Crippen LogP contribution in [-0.2, 0) is 11.2 Å². The number of benzene rings is 3. The molecule has 0 atom stereocenters. The lowest BCUT2D eigenvalue weighted by Gasteiger charge is -2.19. The summed E-state index contributed by atoms with van der Waals surface area (Å²) in [5.74, 6) is 1.36. The number of anilines is 1. The molecule has 1 N–H and O–H groups in total. The molecule has 180 valence electrons. The summed E-state index contributed by atoms with van der Waals surface area (Å²) in [5, 5.41) is 2.96. The van der Waals surface area contributed by atoms with Crippen LogP contribution in [0.1, 0.15) is 56.2 Å². The Kier molecular flexibility index (Phi) is 7.81. The molecule has 4 rings (SSSR count). The first-order valence-electron chi connectivity index (χ1n) is 12.6. The first kappa shape index (κ1) is 24.5. The zero-order valence-corrected chi connectivity index (χ0v) is 21.3. The van der Waals surface area contributed by atoms with Gasteiger partial charge in [0.15, 0.2) is 0 Å². The van der Waals surface area contributed by atoms with E-state index in [1.54, 1.807) is 6.20 Å². The van der Waals surface area contributed by atoms with E-state index >= 15 is 0 Å². The quantitative estimate of drug-likeness (QED) is 0.255. The lowest BCUT2D eigenvalue weighted by atomic mass is 9.97. The van der Waals surface area contributed by atoms with Crippen molar-refractivity contribution in [2.24, 2.45) is 0 Å². The minimum atomic E-state index is -0.118. The maximum atomic E-state index is 11.9. The molecule has 0 aliphatic heterocycles. The van der Waals surface area contributed by atoms with E-state index in [1.807, 2.05) is 30.3 Å². The second kappa shape index (κ2) is 11.2. The summed E-state index contributed by atoms with van der Waals surface area (Å²) in [6.45, 7) is 8.02. The third kappa shape index (κ3) is 5.71. The van der Waals surface area contributed by atoms with Crippen LogP contribution in [-0.4, -0.2) is 15.5 Å². The molecule has 0 spiro atoms. The highest BCUT2D eigenvalue weighted by Gasteiger charge is 2.18. The van der Waals surface area contributed by atoms with E-state index in [-0.39, 0.29) is 5.91 Å². The number of aryl methyl sites for hydroxylation is 3. The molecule has 0 bridgehead atoms. The van der Waals surface area contributed by atoms with Crippen LogP contribution in [0.4, 0.5) is 5.82 Å². The summed E-state index contributed by atoms with van der Waals surface area (Å²) < 4.78 is 2.06. The third-order valence-electron chi connectivity index (χ3n) is 6.42. The molecule has 0 unspecified atom stereocenters. The number of amides is 1. The van der Waals surface area contributed by atoms with Gasteiger partial charge in [-0.05, 0) is 66.6 Å². The van der Waals surface area contributed by atoms with Crippen molar-refractivity contribution in [3.8, 4) is 28.2 Å². The second-order valence-corrected chi connectivity index (χ2v) is 9.32. The number of carbonyl (C=O) groups excluding carboxylic acids is 1. The first-order valence-corrected chi connectivity index (χ1v) is 12.6. The summed E-state index contributed by atoms with van der Waals surface area (Å²) >= 11 is 0. The summed E-state index contributed by atoms with van der Waals surface area (Å²) in [5.41, 5.74) is 8.12. The van der Waals surface area contributed by atoms with Crippen molar-refractivity contribution in [1.82, 2.24) is 9.55 Å². The van der Waals surface area contributed by atoms with Gasteiger partial charge in [-0.15, -0.1) is 0 Å². The van der Waals surface area contributed by atoms with E-state index in [1.165, 1.54) is 49.3 Å². The fourth-order valence-corrected chi connectivity index (χ4v) is 4.73. The minimum Gasteiger partial charge on any atom is -0.311 e. The summed E-state index contributed by atoms with van der Waals surface area (Å²) in [4.78, 5) is 16.6. The standard InChI is InChI=1S/C31H35N3O/c1-5-6-7-9-12-25-15-17-26(18-16-25)28-19-22(2)30(23(3)20-28)34-29(33-24(4)35)21-32-31(34)27-13-10-8-11-14-27/h8,10-11,13-21H,5-7,9,12H2,1-4H3,(H,33,35). The Balaban J connectivity index is 1.69. The van der Waals surface area contributed by atoms with Gasteiger partial charge in [-0.25, -0.2) is 4.98 Å². The normalized spacial score (nSPS) is 11.0. The van der Waals surface area contributed by atoms with Crippen molar-refractivity contribution in [2.45, 2.75) is 59.8 Å². The predicted molar refractivity (Wildman–Crippen MR) is 146 cm³/mol. The first-order chi connectivity index (χ1) is 17.0. The molecule has 0 aliphatic carbocycles. The van der Waals surface area contributed by atoms with E-state index < -0.39 is 0 Å². The van der Waals surface area contributed by atoms with E-state index in [2.05, 4.69) is 72.0 Å². The topological polar surface area (TPSA) is 46.9 Å². The second-order valence-electron chi connectivity index (χ2n) is 9.32. The van der Waals surface area contributed by atoms with Crippen molar-refractivity contribution < 1.29 is 4.79 Å². The van der Waals surface area contributed by atoms with E-state index in [9.17, 15) is 4.79 Å². The van der Waals surface area contributed by atoms with Crippen molar-refractivity contribution >= 4 is 11.7 Å². The Morgan fingerprint density at radius 1 is 0.857 bits per heavy atom. The van der Waals surface area contributed by atoms with Gasteiger partial charge < -0.3 is 5.32 Å². The van der Waals surface area contributed by atoms with E-state index in [0.717, 1.165) is 34.6 Å². The maximum Gasteiger partial charge on any atom is 0.222 e. The lowest BCUT2D eigenvalue weighted by molar-refractivity contribution is -0.114. The maximum absolute atomic E-state index is 11.9. The molecule has 1 heterocycles. The number of nitrogens with one attached hydrogen (secondary N) is 1. The number of nitrogens with zero attached hydrogens (tertiary/aromatic N) is 2. The highest BCUT2D eigenvalue weighted by atomic mass is 16.1. The van der Waals surface area contributed by atoms with E-state index in [4.69, 9.17) is 0 Å². The average Bonchev–Trinajstić information content (AvgIpc) is 3.24.